The highest BCUT2D eigenvalue weighted by atomic mass is 79.9. The van der Waals surface area contributed by atoms with Crippen LogP contribution in [0.15, 0.2) is 50.1 Å². The number of nitrogens with zero attached hydrogens (tertiary/aromatic N) is 3. The summed E-state index contributed by atoms with van der Waals surface area (Å²) in [7, 11) is 0. The van der Waals surface area contributed by atoms with Gasteiger partial charge in [0.2, 0.25) is 0 Å². The summed E-state index contributed by atoms with van der Waals surface area (Å²) in [5.74, 6) is 0.657. The number of hydrogen-bond donors (Lipinski definition) is 0. The minimum Gasteiger partial charge on any atom is -0.378 e. The lowest BCUT2D eigenvalue weighted by atomic mass is 10.2. The first kappa shape index (κ1) is 17.7. The summed E-state index contributed by atoms with van der Waals surface area (Å²) in [6, 6.07) is 11.8. The Morgan fingerprint density at radius 1 is 1.04 bits per heavy atom. The Morgan fingerprint density at radius 2 is 1.69 bits per heavy atom. The second-order valence-corrected chi connectivity index (χ2v) is 7.97. The smallest absolute Gasteiger partial charge is 0.266 e. The van der Waals surface area contributed by atoms with Crippen LogP contribution in [0.4, 0.5) is 5.69 Å². The van der Waals surface area contributed by atoms with E-state index in [0.717, 1.165) is 46.6 Å². The molecule has 1 aromatic heterocycles. The van der Waals surface area contributed by atoms with Gasteiger partial charge in [-0.2, -0.15) is 0 Å². The third-order valence-electron chi connectivity index (χ3n) is 4.54. The fourth-order valence-electron chi connectivity index (χ4n) is 3.26. The van der Waals surface area contributed by atoms with Crippen molar-refractivity contribution in [1.29, 1.82) is 0 Å². The molecule has 0 spiro atoms. The quantitative estimate of drug-likeness (QED) is 0.557. The Kier molecular flexibility index (Phi) is 4.86. The van der Waals surface area contributed by atoms with Gasteiger partial charge in [0, 0.05) is 27.7 Å². The molecule has 0 saturated carbocycles. The van der Waals surface area contributed by atoms with Gasteiger partial charge in [-0.1, -0.05) is 15.9 Å². The number of aromatic nitrogens is 2. The lowest BCUT2D eigenvalue weighted by molar-refractivity contribution is 0.122. The van der Waals surface area contributed by atoms with Crippen molar-refractivity contribution in [2.45, 2.75) is 6.92 Å². The highest BCUT2D eigenvalue weighted by Crippen LogP contribution is 2.26. The van der Waals surface area contributed by atoms with E-state index < -0.39 is 0 Å². The van der Waals surface area contributed by atoms with Crippen molar-refractivity contribution in [3.63, 3.8) is 0 Å². The zero-order chi connectivity index (χ0) is 18.3. The van der Waals surface area contributed by atoms with Crippen molar-refractivity contribution < 1.29 is 4.74 Å². The van der Waals surface area contributed by atoms with Crippen LogP contribution in [0.2, 0.25) is 0 Å². The molecule has 5 nitrogen and oxygen atoms in total. The lowest BCUT2D eigenvalue weighted by Gasteiger charge is -2.29. The molecule has 0 bridgehead atoms. The predicted molar refractivity (Wildman–Crippen MR) is 111 cm³/mol. The molecule has 0 aliphatic carbocycles. The van der Waals surface area contributed by atoms with Crippen LogP contribution in [0.25, 0.3) is 16.6 Å². The van der Waals surface area contributed by atoms with Gasteiger partial charge < -0.3 is 9.64 Å². The minimum absolute atomic E-state index is 0.0753. The van der Waals surface area contributed by atoms with E-state index in [1.54, 1.807) is 4.57 Å². The number of ether oxygens (including phenoxy) is 1. The van der Waals surface area contributed by atoms with Crippen LogP contribution in [-0.2, 0) is 4.74 Å². The van der Waals surface area contributed by atoms with E-state index in [9.17, 15) is 4.79 Å². The average Bonchev–Trinajstić information content (AvgIpc) is 2.64. The van der Waals surface area contributed by atoms with Crippen LogP contribution >= 0.6 is 31.9 Å². The van der Waals surface area contributed by atoms with Gasteiger partial charge in [0.15, 0.2) is 0 Å². The van der Waals surface area contributed by atoms with Gasteiger partial charge in [-0.05, 0) is 59.3 Å². The van der Waals surface area contributed by atoms with Crippen LogP contribution < -0.4 is 10.5 Å². The van der Waals surface area contributed by atoms with E-state index >= 15 is 0 Å². The minimum atomic E-state index is -0.0753. The largest absolute Gasteiger partial charge is 0.378 e. The maximum absolute atomic E-state index is 13.1. The normalized spacial score (nSPS) is 14.8. The summed E-state index contributed by atoms with van der Waals surface area (Å²) in [6.45, 7) is 5.12. The molecule has 4 rings (SSSR count). The van der Waals surface area contributed by atoms with Gasteiger partial charge in [0.25, 0.3) is 5.56 Å². The molecule has 1 aliphatic rings. The predicted octanol–water partition coefficient (Wildman–Crippen LogP) is 4.06. The monoisotopic (exact) mass is 477 g/mol. The van der Waals surface area contributed by atoms with Gasteiger partial charge in [-0.25, -0.2) is 4.98 Å². The first-order valence-corrected chi connectivity index (χ1v) is 9.95. The number of rotatable bonds is 2. The van der Waals surface area contributed by atoms with Crippen molar-refractivity contribution in [3.8, 4) is 5.69 Å². The summed E-state index contributed by atoms with van der Waals surface area (Å²) in [4.78, 5) is 20.0. The topological polar surface area (TPSA) is 47.4 Å². The fraction of sp³-hybridized carbons (Fsp3) is 0.263. The standard InChI is InChI=1S/C19H17Br2N3O2/c1-12-22-18-16(10-13(20)11-17(18)21)19(25)24(12)15-4-2-14(3-5-15)23-6-8-26-9-7-23/h2-5,10-11H,6-9H2,1H3. The van der Waals surface area contributed by atoms with Gasteiger partial charge in [0.05, 0.1) is 29.8 Å². The lowest BCUT2D eigenvalue weighted by Crippen LogP contribution is -2.36. The number of benzene rings is 2. The molecule has 0 N–H and O–H groups in total. The molecule has 3 aromatic rings. The van der Waals surface area contributed by atoms with Gasteiger partial charge in [0.1, 0.15) is 5.82 Å². The van der Waals surface area contributed by atoms with Crippen LogP contribution in [0, 0.1) is 6.92 Å². The molecule has 0 unspecified atom stereocenters. The Labute approximate surface area is 167 Å². The number of fused-ring (bicyclic) bond motifs is 1. The highest BCUT2D eigenvalue weighted by Gasteiger charge is 2.14. The summed E-state index contributed by atoms with van der Waals surface area (Å²) < 4.78 is 8.70. The fourth-order valence-corrected chi connectivity index (χ4v) is 4.57. The maximum atomic E-state index is 13.1. The van der Waals surface area contributed by atoms with Crippen molar-refractivity contribution in [2.75, 3.05) is 31.2 Å². The van der Waals surface area contributed by atoms with Crippen LogP contribution in [0.5, 0.6) is 0 Å². The van der Waals surface area contributed by atoms with E-state index in [1.807, 2.05) is 43.3 Å². The maximum Gasteiger partial charge on any atom is 0.266 e. The van der Waals surface area contributed by atoms with Gasteiger partial charge in [-0.3, -0.25) is 9.36 Å². The molecule has 26 heavy (non-hydrogen) atoms. The molecular formula is C19H17Br2N3O2. The second-order valence-electron chi connectivity index (χ2n) is 6.20. The first-order chi connectivity index (χ1) is 12.5. The van der Waals surface area contributed by atoms with E-state index in [4.69, 9.17) is 4.74 Å². The SMILES string of the molecule is Cc1nc2c(Br)cc(Br)cc2c(=O)n1-c1ccc(N2CCOCC2)cc1. The van der Waals surface area contributed by atoms with E-state index in [1.165, 1.54) is 0 Å². The summed E-state index contributed by atoms with van der Waals surface area (Å²) in [5.41, 5.74) is 2.56. The molecule has 2 heterocycles. The molecule has 0 amide bonds. The van der Waals surface area contributed by atoms with Gasteiger partial charge >= 0.3 is 0 Å². The zero-order valence-electron chi connectivity index (χ0n) is 14.2. The van der Waals surface area contributed by atoms with Crippen molar-refractivity contribution >= 4 is 48.5 Å². The van der Waals surface area contributed by atoms with E-state index in [-0.39, 0.29) is 5.56 Å². The van der Waals surface area contributed by atoms with Gasteiger partial charge in [-0.15, -0.1) is 0 Å². The molecule has 2 aromatic carbocycles. The Balaban J connectivity index is 1.80. The Hall–Kier alpha value is -1.70. The number of aryl methyl sites for hydroxylation is 1. The van der Waals surface area contributed by atoms with E-state index in [0.29, 0.717) is 16.7 Å². The van der Waals surface area contributed by atoms with Crippen LogP contribution in [-0.4, -0.2) is 35.9 Å². The summed E-state index contributed by atoms with van der Waals surface area (Å²) in [6.07, 6.45) is 0. The van der Waals surface area contributed by atoms with Crippen molar-refractivity contribution in [2.24, 2.45) is 0 Å². The molecule has 7 heteroatoms. The molecule has 0 radical (unpaired) electrons. The van der Waals surface area contributed by atoms with Crippen molar-refractivity contribution in [3.05, 3.63) is 61.5 Å². The van der Waals surface area contributed by atoms with Crippen molar-refractivity contribution in [1.82, 2.24) is 9.55 Å². The third kappa shape index (κ3) is 3.19. The molecular weight excluding hydrogens is 462 g/mol. The average molecular weight is 479 g/mol. The summed E-state index contributed by atoms with van der Waals surface area (Å²) >= 11 is 6.94. The number of halogens is 2. The summed E-state index contributed by atoms with van der Waals surface area (Å²) in [5, 5.41) is 0.578. The van der Waals surface area contributed by atoms with Crippen LogP contribution in [0.3, 0.4) is 0 Å². The van der Waals surface area contributed by atoms with E-state index in [2.05, 4.69) is 41.7 Å². The number of anilines is 1. The first-order valence-electron chi connectivity index (χ1n) is 8.36. The Bertz CT molecular complexity index is 1030. The molecule has 134 valence electrons. The molecule has 1 fully saturated rings. The Morgan fingerprint density at radius 3 is 2.38 bits per heavy atom. The highest BCUT2D eigenvalue weighted by molar-refractivity contribution is 9.11. The molecule has 1 saturated heterocycles. The number of morpholine rings is 1. The molecule has 0 atom stereocenters. The third-order valence-corrected chi connectivity index (χ3v) is 5.61. The molecule has 1 aliphatic heterocycles. The zero-order valence-corrected chi connectivity index (χ0v) is 17.4. The second kappa shape index (κ2) is 7.13. The number of hydrogen-bond acceptors (Lipinski definition) is 4. The van der Waals surface area contributed by atoms with Crippen LogP contribution in [0.1, 0.15) is 5.82 Å².